The molecule has 0 spiro atoms. The molecule has 2 atom stereocenters. The van der Waals surface area contributed by atoms with Gasteiger partial charge in [0.25, 0.3) is 0 Å². The molecule has 4 heteroatoms. The van der Waals surface area contributed by atoms with E-state index in [4.69, 9.17) is 9.98 Å². The number of aliphatic imine (C=N–C) groups is 2. The van der Waals surface area contributed by atoms with E-state index in [2.05, 4.69) is 96.3 Å². The third kappa shape index (κ3) is 2.76. The van der Waals surface area contributed by atoms with Crippen molar-refractivity contribution in [1.29, 1.82) is 0 Å². The smallest absolute Gasteiger partial charge is 0.188 e. The molecule has 0 aliphatic carbocycles. The molecular weight excluding hydrogens is 356 g/mol. The van der Waals surface area contributed by atoms with Gasteiger partial charge < -0.3 is 9.80 Å². The zero-order chi connectivity index (χ0) is 19.8. The molecule has 0 N–H and O–H groups in total. The lowest BCUT2D eigenvalue weighted by atomic mass is 9.75. The quantitative estimate of drug-likeness (QED) is 0.676. The molecule has 0 fully saturated rings. The van der Waals surface area contributed by atoms with Gasteiger partial charge in [-0.15, -0.1) is 0 Å². The van der Waals surface area contributed by atoms with Crippen molar-refractivity contribution in [1.82, 2.24) is 0 Å². The fourth-order valence-electron chi connectivity index (χ4n) is 4.64. The summed E-state index contributed by atoms with van der Waals surface area (Å²) in [5.41, 5.74) is 3.55. The number of fused-ring (bicyclic) bond motifs is 4. The van der Waals surface area contributed by atoms with Crippen LogP contribution >= 0.6 is 0 Å². The second-order valence-electron chi connectivity index (χ2n) is 7.90. The number of rotatable bonds is 3. The predicted octanol–water partition coefficient (Wildman–Crippen LogP) is 5.30. The van der Waals surface area contributed by atoms with Crippen molar-refractivity contribution in [2.75, 3.05) is 9.80 Å². The number of para-hydroxylation sites is 2. The summed E-state index contributed by atoms with van der Waals surface area (Å²) in [5, 5.41) is 0. The van der Waals surface area contributed by atoms with Gasteiger partial charge in [-0.1, -0.05) is 62.4 Å². The van der Waals surface area contributed by atoms with Gasteiger partial charge in [-0.05, 0) is 42.5 Å². The average molecular weight is 380 g/mol. The van der Waals surface area contributed by atoms with Crippen molar-refractivity contribution in [2.24, 2.45) is 15.4 Å². The first-order chi connectivity index (χ1) is 14.2. The minimum atomic E-state index is -0.110. The molecule has 144 valence electrons. The zero-order valence-electron chi connectivity index (χ0n) is 16.8. The third-order valence-electron chi connectivity index (χ3n) is 5.84. The van der Waals surface area contributed by atoms with E-state index < -0.39 is 0 Å². The maximum absolute atomic E-state index is 4.79. The van der Waals surface area contributed by atoms with E-state index in [1.807, 2.05) is 0 Å². The number of hydrogen-bond donors (Lipinski definition) is 0. The lowest BCUT2D eigenvalue weighted by Crippen LogP contribution is -2.55. The van der Waals surface area contributed by atoms with Gasteiger partial charge in [-0.2, -0.15) is 4.99 Å². The van der Waals surface area contributed by atoms with Crippen molar-refractivity contribution in [2.45, 2.75) is 32.9 Å². The van der Waals surface area contributed by atoms with E-state index in [9.17, 15) is 0 Å². The molecule has 5 rings (SSSR count). The van der Waals surface area contributed by atoms with E-state index in [1.54, 1.807) is 12.3 Å². The largest absolute Gasteiger partial charge is 0.301 e. The van der Waals surface area contributed by atoms with Crippen LogP contribution in [0.25, 0.3) is 0 Å². The Kier molecular flexibility index (Phi) is 4.22. The van der Waals surface area contributed by atoms with Gasteiger partial charge in [-0.25, -0.2) is 4.99 Å². The summed E-state index contributed by atoms with van der Waals surface area (Å²) >= 11 is 0. The molecule has 2 aromatic rings. The van der Waals surface area contributed by atoms with Gasteiger partial charge in [0.05, 0.1) is 0 Å². The Morgan fingerprint density at radius 3 is 2.69 bits per heavy atom. The molecule has 4 nitrogen and oxygen atoms in total. The van der Waals surface area contributed by atoms with Crippen LogP contribution in [0.1, 0.15) is 25.8 Å². The van der Waals surface area contributed by atoms with Crippen LogP contribution in [0, 0.1) is 5.41 Å². The van der Waals surface area contributed by atoms with E-state index >= 15 is 0 Å². The lowest BCUT2D eigenvalue weighted by molar-refractivity contribution is 0.319. The highest BCUT2D eigenvalue weighted by molar-refractivity contribution is 5.87. The molecule has 29 heavy (non-hydrogen) atoms. The Morgan fingerprint density at radius 2 is 1.86 bits per heavy atom. The second kappa shape index (κ2) is 6.91. The molecule has 3 heterocycles. The Hall–Kier alpha value is -3.36. The Morgan fingerprint density at radius 1 is 1.07 bits per heavy atom. The van der Waals surface area contributed by atoms with Gasteiger partial charge >= 0.3 is 0 Å². The van der Waals surface area contributed by atoms with Crippen molar-refractivity contribution < 1.29 is 0 Å². The standard InChI is InChI=1S/C25H24N4/c1-3-4-15-25(2)18-19-11-8-9-14-21(19)29-23-22(26-16-10-17-27-23)28(24(25)29)20-12-6-5-7-13-20/h4-16,24H,3,18H2,1-2H3/b15-4-. The predicted molar refractivity (Wildman–Crippen MR) is 120 cm³/mol. The van der Waals surface area contributed by atoms with Gasteiger partial charge in [0.15, 0.2) is 11.6 Å². The highest BCUT2D eigenvalue weighted by Crippen LogP contribution is 2.51. The van der Waals surface area contributed by atoms with Crippen LogP contribution in [0.5, 0.6) is 0 Å². The molecular formula is C25H24N4. The minimum Gasteiger partial charge on any atom is -0.301 e. The first-order valence-electron chi connectivity index (χ1n) is 10.2. The molecule has 0 radical (unpaired) electrons. The second-order valence-corrected chi connectivity index (χ2v) is 7.90. The number of benzene rings is 2. The highest BCUT2D eigenvalue weighted by atomic mass is 15.5. The van der Waals surface area contributed by atoms with E-state index in [0.717, 1.165) is 30.2 Å². The normalized spacial score (nSPS) is 24.7. The van der Waals surface area contributed by atoms with E-state index in [-0.39, 0.29) is 11.6 Å². The summed E-state index contributed by atoms with van der Waals surface area (Å²) in [4.78, 5) is 14.2. The Bertz CT molecular complexity index is 1090. The number of anilines is 2. The maximum Gasteiger partial charge on any atom is 0.188 e. The molecule has 3 aliphatic rings. The molecule has 2 aromatic carbocycles. The first-order valence-corrected chi connectivity index (χ1v) is 10.2. The topological polar surface area (TPSA) is 31.2 Å². The van der Waals surface area contributed by atoms with Crippen LogP contribution in [-0.2, 0) is 6.42 Å². The third-order valence-corrected chi connectivity index (χ3v) is 5.84. The lowest BCUT2D eigenvalue weighted by Gasteiger charge is -2.48. The molecule has 3 aliphatic heterocycles. The van der Waals surface area contributed by atoms with Gasteiger partial charge in [0.2, 0.25) is 0 Å². The van der Waals surface area contributed by atoms with Crippen molar-refractivity contribution >= 4 is 23.5 Å². The van der Waals surface area contributed by atoms with Crippen molar-refractivity contribution in [3.05, 3.63) is 90.0 Å². The van der Waals surface area contributed by atoms with Gasteiger partial charge in [0, 0.05) is 29.1 Å². The summed E-state index contributed by atoms with van der Waals surface area (Å²) < 4.78 is 0. The van der Waals surface area contributed by atoms with Crippen molar-refractivity contribution in [3.8, 4) is 0 Å². The fourth-order valence-corrected chi connectivity index (χ4v) is 4.64. The number of nitrogens with zero attached hydrogens (tertiary/aromatic N) is 4. The summed E-state index contributed by atoms with van der Waals surface area (Å²) in [6, 6.07) is 19.2. The van der Waals surface area contributed by atoms with Crippen LogP contribution in [-0.4, -0.2) is 18.3 Å². The maximum atomic E-state index is 4.79. The van der Waals surface area contributed by atoms with Gasteiger partial charge in [0.1, 0.15) is 6.17 Å². The van der Waals surface area contributed by atoms with Crippen LogP contribution in [0.3, 0.4) is 0 Å². The summed E-state index contributed by atoms with van der Waals surface area (Å²) in [7, 11) is 0. The summed E-state index contributed by atoms with van der Waals surface area (Å²) in [5.74, 6) is 4.76. The fraction of sp³-hybridized carbons (Fsp3) is 0.240. The molecule has 0 amide bonds. The first kappa shape index (κ1) is 17.7. The van der Waals surface area contributed by atoms with E-state index in [1.165, 1.54) is 11.3 Å². The SMILES string of the molecule is CC/C=C\C1(C)Cc2ccccc2N2C3=C(N=CC=C=N3)N(c3ccccc3)C21. The molecule has 0 saturated heterocycles. The van der Waals surface area contributed by atoms with Crippen LogP contribution < -0.4 is 9.80 Å². The minimum absolute atomic E-state index is 0.0494. The zero-order valence-corrected chi connectivity index (χ0v) is 16.8. The summed E-state index contributed by atoms with van der Waals surface area (Å²) in [6.45, 7) is 4.53. The number of hydrogen-bond acceptors (Lipinski definition) is 4. The molecule has 0 saturated carbocycles. The molecule has 0 bridgehead atoms. The monoisotopic (exact) mass is 380 g/mol. The van der Waals surface area contributed by atoms with Crippen LogP contribution in [0.4, 0.5) is 11.4 Å². The Labute approximate surface area is 171 Å². The number of allylic oxidation sites excluding steroid dienone is 2. The van der Waals surface area contributed by atoms with Crippen molar-refractivity contribution in [3.63, 3.8) is 0 Å². The summed E-state index contributed by atoms with van der Waals surface area (Å²) in [6.07, 6.45) is 10.2. The van der Waals surface area contributed by atoms with Crippen LogP contribution in [0.2, 0.25) is 0 Å². The Balaban J connectivity index is 1.78. The van der Waals surface area contributed by atoms with Gasteiger partial charge in [-0.3, -0.25) is 0 Å². The highest BCUT2D eigenvalue weighted by Gasteiger charge is 2.52. The van der Waals surface area contributed by atoms with E-state index in [0.29, 0.717) is 0 Å². The molecule has 2 unspecified atom stereocenters. The van der Waals surface area contributed by atoms with Crippen LogP contribution in [0.15, 0.2) is 94.5 Å². The molecule has 0 aromatic heterocycles. The average Bonchev–Trinajstić information content (AvgIpc) is 2.90.